The third-order valence-electron chi connectivity index (χ3n) is 2.33. The maximum Gasteiger partial charge on any atom is 0.417 e. The monoisotopic (exact) mass is 266 g/mol. The first-order valence-corrected chi connectivity index (χ1v) is 5.53. The fourth-order valence-corrected chi connectivity index (χ4v) is 1.45. The van der Waals surface area contributed by atoms with Crippen molar-refractivity contribution in [2.75, 3.05) is 18.4 Å². The van der Waals surface area contributed by atoms with Crippen LogP contribution in [0.4, 0.5) is 18.9 Å². The van der Waals surface area contributed by atoms with Crippen molar-refractivity contribution in [1.82, 2.24) is 0 Å². The molecular weight excluding hydrogens is 253 g/mol. The zero-order chi connectivity index (χ0) is 13.1. The van der Waals surface area contributed by atoms with Crippen molar-refractivity contribution >= 4 is 17.3 Å². The molecule has 0 fully saturated rings. The second-order valence-corrected chi connectivity index (χ2v) is 4.32. The first-order chi connectivity index (χ1) is 7.84. The van der Waals surface area contributed by atoms with Crippen molar-refractivity contribution in [2.24, 2.45) is 11.7 Å². The van der Waals surface area contributed by atoms with E-state index in [1.807, 2.05) is 6.92 Å². The Labute approximate surface area is 103 Å². The summed E-state index contributed by atoms with van der Waals surface area (Å²) in [5, 5.41) is 2.60. The summed E-state index contributed by atoms with van der Waals surface area (Å²) < 4.78 is 37.7. The van der Waals surface area contributed by atoms with E-state index in [1.54, 1.807) is 0 Å². The molecule has 0 heterocycles. The molecule has 0 aliphatic carbocycles. The van der Waals surface area contributed by atoms with E-state index in [0.717, 1.165) is 6.07 Å². The number of alkyl halides is 3. The van der Waals surface area contributed by atoms with Crippen LogP contribution in [0.2, 0.25) is 5.02 Å². The fourth-order valence-electron chi connectivity index (χ4n) is 1.23. The molecule has 3 N–H and O–H groups in total. The molecule has 1 aromatic rings. The van der Waals surface area contributed by atoms with Gasteiger partial charge in [-0.05, 0) is 30.7 Å². The Morgan fingerprint density at radius 3 is 2.59 bits per heavy atom. The maximum atomic E-state index is 12.6. The van der Waals surface area contributed by atoms with Crippen LogP contribution in [0.25, 0.3) is 0 Å². The van der Waals surface area contributed by atoms with Crippen molar-refractivity contribution in [3.63, 3.8) is 0 Å². The molecule has 1 aromatic carbocycles. The predicted octanol–water partition coefficient (Wildman–Crippen LogP) is 3.37. The van der Waals surface area contributed by atoms with Crippen LogP contribution in [0.15, 0.2) is 18.2 Å². The lowest BCUT2D eigenvalue weighted by atomic mass is 10.1. The average molecular weight is 267 g/mol. The van der Waals surface area contributed by atoms with Gasteiger partial charge in [0.25, 0.3) is 0 Å². The average Bonchev–Trinajstić information content (AvgIpc) is 2.26. The molecule has 96 valence electrons. The van der Waals surface area contributed by atoms with Gasteiger partial charge in [-0.1, -0.05) is 18.5 Å². The van der Waals surface area contributed by atoms with Gasteiger partial charge in [-0.3, -0.25) is 0 Å². The van der Waals surface area contributed by atoms with Crippen LogP contribution in [-0.2, 0) is 6.18 Å². The summed E-state index contributed by atoms with van der Waals surface area (Å²) in [6, 6.07) is 3.76. The Bertz CT molecular complexity index is 379. The van der Waals surface area contributed by atoms with Crippen LogP contribution in [0.5, 0.6) is 0 Å². The summed E-state index contributed by atoms with van der Waals surface area (Å²) in [6.45, 7) is 2.91. The molecule has 2 nitrogen and oxygen atoms in total. The highest BCUT2D eigenvalue weighted by Crippen LogP contribution is 2.36. The highest BCUT2D eigenvalue weighted by atomic mass is 35.5. The number of nitrogens with one attached hydrogen (secondary N) is 1. The highest BCUT2D eigenvalue weighted by Gasteiger charge is 2.33. The van der Waals surface area contributed by atoms with Crippen LogP contribution < -0.4 is 11.1 Å². The standard InChI is InChI=1S/C11H14ClF3N2/c1-7(5-16)6-17-8-2-3-10(12)9(4-8)11(13,14)15/h2-4,7,17H,5-6,16H2,1H3. The highest BCUT2D eigenvalue weighted by molar-refractivity contribution is 6.31. The van der Waals surface area contributed by atoms with Crippen molar-refractivity contribution in [1.29, 1.82) is 0 Å². The van der Waals surface area contributed by atoms with E-state index >= 15 is 0 Å². The van der Waals surface area contributed by atoms with Gasteiger partial charge in [0.05, 0.1) is 10.6 Å². The topological polar surface area (TPSA) is 38.0 Å². The van der Waals surface area contributed by atoms with Crippen LogP contribution in [-0.4, -0.2) is 13.1 Å². The van der Waals surface area contributed by atoms with E-state index in [0.29, 0.717) is 18.8 Å². The quantitative estimate of drug-likeness (QED) is 0.877. The molecule has 17 heavy (non-hydrogen) atoms. The Hall–Kier alpha value is -0.940. The van der Waals surface area contributed by atoms with Gasteiger partial charge in [-0.15, -0.1) is 0 Å². The molecule has 0 bridgehead atoms. The molecule has 1 atom stereocenters. The predicted molar refractivity (Wildman–Crippen MR) is 63.2 cm³/mol. The van der Waals surface area contributed by atoms with Gasteiger partial charge >= 0.3 is 6.18 Å². The molecule has 1 unspecified atom stereocenters. The molecule has 0 saturated heterocycles. The van der Waals surface area contributed by atoms with E-state index in [9.17, 15) is 13.2 Å². The second kappa shape index (κ2) is 5.60. The third-order valence-corrected chi connectivity index (χ3v) is 2.66. The Morgan fingerprint density at radius 1 is 1.41 bits per heavy atom. The van der Waals surface area contributed by atoms with Crippen LogP contribution in [0.1, 0.15) is 12.5 Å². The summed E-state index contributed by atoms with van der Waals surface area (Å²) in [7, 11) is 0. The largest absolute Gasteiger partial charge is 0.417 e. The molecule has 1 rings (SSSR count). The summed E-state index contributed by atoms with van der Waals surface area (Å²) in [4.78, 5) is 0. The molecule has 0 saturated carbocycles. The molecule has 0 amide bonds. The van der Waals surface area contributed by atoms with Crippen molar-refractivity contribution in [3.8, 4) is 0 Å². The summed E-state index contributed by atoms with van der Waals surface area (Å²) in [6.07, 6.45) is -4.44. The van der Waals surface area contributed by atoms with Crippen LogP contribution in [0.3, 0.4) is 0 Å². The van der Waals surface area contributed by atoms with E-state index in [-0.39, 0.29) is 10.9 Å². The molecule has 0 aliphatic rings. The Kier molecular flexibility index (Phi) is 4.65. The van der Waals surface area contributed by atoms with Gasteiger partial charge in [-0.25, -0.2) is 0 Å². The number of hydrogen-bond acceptors (Lipinski definition) is 2. The summed E-state index contributed by atoms with van der Waals surface area (Å²) in [5.74, 6) is 0.194. The first-order valence-electron chi connectivity index (χ1n) is 5.15. The smallest absolute Gasteiger partial charge is 0.385 e. The fraction of sp³-hybridized carbons (Fsp3) is 0.455. The molecular formula is C11H14ClF3N2. The maximum absolute atomic E-state index is 12.6. The lowest BCUT2D eigenvalue weighted by Gasteiger charge is -2.14. The normalized spacial score (nSPS) is 13.5. The van der Waals surface area contributed by atoms with Gasteiger partial charge in [0.15, 0.2) is 0 Å². The van der Waals surface area contributed by atoms with E-state index in [2.05, 4.69) is 5.32 Å². The lowest BCUT2D eigenvalue weighted by molar-refractivity contribution is -0.137. The first kappa shape index (κ1) is 14.1. The molecule has 6 heteroatoms. The molecule has 0 aliphatic heterocycles. The minimum Gasteiger partial charge on any atom is -0.385 e. The number of hydrogen-bond donors (Lipinski definition) is 2. The van der Waals surface area contributed by atoms with Gasteiger partial charge in [0.1, 0.15) is 0 Å². The Morgan fingerprint density at radius 2 is 2.06 bits per heavy atom. The van der Waals surface area contributed by atoms with Crippen LogP contribution >= 0.6 is 11.6 Å². The van der Waals surface area contributed by atoms with Gasteiger partial charge < -0.3 is 11.1 Å². The third kappa shape index (κ3) is 4.09. The number of anilines is 1. The van der Waals surface area contributed by atoms with E-state index in [4.69, 9.17) is 17.3 Å². The van der Waals surface area contributed by atoms with Gasteiger partial charge in [0.2, 0.25) is 0 Å². The SMILES string of the molecule is CC(CN)CNc1ccc(Cl)c(C(F)(F)F)c1. The Balaban J connectivity index is 2.82. The number of halogens is 4. The number of benzene rings is 1. The minimum atomic E-state index is -4.44. The van der Waals surface area contributed by atoms with Gasteiger partial charge in [-0.2, -0.15) is 13.2 Å². The van der Waals surface area contributed by atoms with Gasteiger partial charge in [0, 0.05) is 12.2 Å². The molecule has 0 spiro atoms. The number of nitrogens with two attached hydrogens (primary N) is 1. The van der Waals surface area contributed by atoms with Crippen LogP contribution in [0, 0.1) is 5.92 Å². The zero-order valence-electron chi connectivity index (χ0n) is 9.31. The van der Waals surface area contributed by atoms with E-state index < -0.39 is 11.7 Å². The lowest BCUT2D eigenvalue weighted by Crippen LogP contribution is -2.20. The summed E-state index contributed by atoms with van der Waals surface area (Å²) in [5.41, 5.74) is 4.98. The second-order valence-electron chi connectivity index (χ2n) is 3.91. The van der Waals surface area contributed by atoms with E-state index in [1.165, 1.54) is 12.1 Å². The number of rotatable bonds is 4. The minimum absolute atomic E-state index is 0.194. The summed E-state index contributed by atoms with van der Waals surface area (Å²) >= 11 is 5.50. The van der Waals surface area contributed by atoms with Crippen molar-refractivity contribution in [2.45, 2.75) is 13.1 Å². The van der Waals surface area contributed by atoms with Crippen molar-refractivity contribution < 1.29 is 13.2 Å². The molecule has 0 radical (unpaired) electrons. The zero-order valence-corrected chi connectivity index (χ0v) is 10.1. The van der Waals surface area contributed by atoms with Crippen molar-refractivity contribution in [3.05, 3.63) is 28.8 Å². The molecule has 0 aromatic heterocycles.